The van der Waals surface area contributed by atoms with Gasteiger partial charge in [-0.05, 0) is 43.8 Å². The highest BCUT2D eigenvalue weighted by Gasteiger charge is 2.32. The Balaban J connectivity index is 1.13. The van der Waals surface area contributed by atoms with Gasteiger partial charge in [-0.3, -0.25) is 0 Å². The number of rotatable bonds is 13. The number of aromatic nitrogens is 4. The largest absolute Gasteiger partial charge is 0.467 e. The van der Waals surface area contributed by atoms with Crippen LogP contribution in [0.25, 0.3) is 11.1 Å². The minimum atomic E-state index is -0.828. The number of esters is 1. The number of hydrogen-bond donors (Lipinski definition) is 3. The summed E-state index contributed by atoms with van der Waals surface area (Å²) in [5.41, 5.74) is 6.45. The van der Waals surface area contributed by atoms with Gasteiger partial charge in [0.05, 0.1) is 25.9 Å². The first-order valence-corrected chi connectivity index (χ1v) is 17.6. The lowest BCUT2D eigenvalue weighted by atomic mass is 9.98. The SMILES string of the molecule is COC(=O)[C@H](Cc1ccccc1)NC(=O)NCc1ccccc1-c1ccc([C@H]2O[C@@H](CSc3nnnn3C)C[C@@H](c3ccc(CO)cc3)O2)cc1. The Bertz CT molecular complexity index is 1890. The number of carbonyl (C=O) groups is 2. The van der Waals surface area contributed by atoms with Crippen molar-refractivity contribution in [2.75, 3.05) is 12.9 Å². The molecule has 12 nitrogen and oxygen atoms in total. The first-order valence-electron chi connectivity index (χ1n) is 16.6. The van der Waals surface area contributed by atoms with Crippen LogP contribution in [0.2, 0.25) is 0 Å². The molecule has 13 heteroatoms. The van der Waals surface area contributed by atoms with Crippen LogP contribution in [-0.2, 0) is 45.6 Å². The molecule has 0 unspecified atom stereocenters. The highest BCUT2D eigenvalue weighted by atomic mass is 32.2. The quantitative estimate of drug-likeness (QED) is 0.109. The van der Waals surface area contributed by atoms with Gasteiger partial charge in [-0.15, -0.1) is 5.10 Å². The summed E-state index contributed by atoms with van der Waals surface area (Å²) in [4.78, 5) is 25.4. The number of hydrogen-bond acceptors (Lipinski definition) is 10. The molecule has 3 N–H and O–H groups in total. The average molecular weight is 709 g/mol. The van der Waals surface area contributed by atoms with E-state index in [2.05, 4.69) is 26.2 Å². The zero-order valence-corrected chi connectivity index (χ0v) is 29.2. The molecule has 1 aromatic heterocycles. The van der Waals surface area contributed by atoms with Gasteiger partial charge in [-0.2, -0.15) is 0 Å². The lowest BCUT2D eigenvalue weighted by Gasteiger charge is -2.36. The maximum Gasteiger partial charge on any atom is 0.328 e. The van der Waals surface area contributed by atoms with E-state index in [0.29, 0.717) is 23.8 Å². The van der Waals surface area contributed by atoms with Gasteiger partial charge in [0.2, 0.25) is 5.16 Å². The molecule has 0 spiro atoms. The molecule has 1 aliphatic heterocycles. The van der Waals surface area contributed by atoms with Gasteiger partial charge < -0.3 is 30.0 Å². The number of aliphatic hydroxyl groups excluding tert-OH is 1. The molecule has 1 aliphatic rings. The molecule has 0 bridgehead atoms. The number of benzene rings is 4. The van der Waals surface area contributed by atoms with E-state index in [1.54, 1.807) is 11.7 Å². The van der Waals surface area contributed by atoms with Gasteiger partial charge in [0.15, 0.2) is 6.29 Å². The summed E-state index contributed by atoms with van der Waals surface area (Å²) in [5, 5.41) is 27.6. The lowest BCUT2D eigenvalue weighted by molar-refractivity contribution is -0.245. The van der Waals surface area contributed by atoms with Crippen molar-refractivity contribution in [2.45, 2.75) is 55.7 Å². The highest BCUT2D eigenvalue weighted by molar-refractivity contribution is 7.99. The third-order valence-electron chi connectivity index (χ3n) is 8.62. The van der Waals surface area contributed by atoms with Gasteiger partial charge in [0, 0.05) is 37.8 Å². The maximum atomic E-state index is 12.9. The minimum Gasteiger partial charge on any atom is -0.467 e. The summed E-state index contributed by atoms with van der Waals surface area (Å²) < 4.78 is 19.6. The monoisotopic (exact) mass is 708 g/mol. The molecule has 264 valence electrons. The smallest absolute Gasteiger partial charge is 0.328 e. The van der Waals surface area contributed by atoms with E-state index < -0.39 is 24.3 Å². The van der Waals surface area contributed by atoms with Crippen molar-refractivity contribution in [1.82, 2.24) is 30.8 Å². The predicted molar refractivity (Wildman–Crippen MR) is 191 cm³/mol. The lowest BCUT2D eigenvalue weighted by Crippen LogP contribution is -2.47. The summed E-state index contributed by atoms with van der Waals surface area (Å²) >= 11 is 1.53. The standard InChI is InChI=1S/C38H40N6O6S/c1-44-38(41-42-43-44)51-24-31-21-34(28-14-12-26(23-45)13-15-28)50-36(49-31)29-18-16-27(17-19-29)32-11-7-6-10-30(32)22-39-37(47)40-33(35(46)48-2)20-25-8-4-3-5-9-25/h3-19,31,33-34,36,45H,20-24H2,1-2H3,(H2,39,40,47)/t31-,33+,34+,36+/m1/s1. The van der Waals surface area contributed by atoms with Gasteiger partial charge >= 0.3 is 12.0 Å². The van der Waals surface area contributed by atoms with Crippen LogP contribution < -0.4 is 10.6 Å². The number of thioether (sulfide) groups is 1. The Morgan fingerprint density at radius 1 is 0.941 bits per heavy atom. The summed E-state index contributed by atoms with van der Waals surface area (Å²) in [6.07, 6.45) is -0.0155. The molecule has 2 heterocycles. The molecule has 2 amide bonds. The summed E-state index contributed by atoms with van der Waals surface area (Å²) in [7, 11) is 3.11. The molecule has 6 rings (SSSR count). The van der Waals surface area contributed by atoms with E-state index in [-0.39, 0.29) is 25.4 Å². The van der Waals surface area contributed by atoms with Gasteiger partial charge in [0.1, 0.15) is 6.04 Å². The number of urea groups is 1. The molecule has 5 aromatic rings. The molecular formula is C38H40N6O6S. The summed E-state index contributed by atoms with van der Waals surface area (Å²) in [5.74, 6) is 0.122. The van der Waals surface area contributed by atoms with Crippen molar-refractivity contribution >= 4 is 23.8 Å². The number of aliphatic hydroxyl groups is 1. The number of ether oxygens (including phenoxy) is 3. The molecule has 4 atom stereocenters. The predicted octanol–water partition coefficient (Wildman–Crippen LogP) is 5.29. The average Bonchev–Trinajstić information content (AvgIpc) is 3.60. The van der Waals surface area contributed by atoms with E-state index in [9.17, 15) is 14.7 Å². The van der Waals surface area contributed by atoms with Crippen LogP contribution in [0, 0.1) is 0 Å². The Kier molecular flexibility index (Phi) is 12.1. The van der Waals surface area contributed by atoms with E-state index in [0.717, 1.165) is 38.9 Å². The Morgan fingerprint density at radius 2 is 1.67 bits per heavy atom. The Labute approximate surface area is 300 Å². The third kappa shape index (κ3) is 9.38. The number of nitrogens with one attached hydrogen (secondary N) is 2. The first kappa shape index (κ1) is 35.7. The van der Waals surface area contributed by atoms with E-state index in [4.69, 9.17) is 14.2 Å². The Morgan fingerprint density at radius 3 is 2.37 bits per heavy atom. The van der Waals surface area contributed by atoms with Crippen molar-refractivity contribution in [3.63, 3.8) is 0 Å². The topological polar surface area (TPSA) is 150 Å². The van der Waals surface area contributed by atoms with Crippen LogP contribution in [-0.4, -0.2) is 62.3 Å². The van der Waals surface area contributed by atoms with Crippen LogP contribution in [0.15, 0.2) is 108 Å². The number of amides is 2. The fourth-order valence-corrected chi connectivity index (χ4v) is 6.75. The van der Waals surface area contributed by atoms with E-state index >= 15 is 0 Å². The number of nitrogens with zero attached hydrogens (tertiary/aromatic N) is 4. The van der Waals surface area contributed by atoms with Crippen LogP contribution in [0.4, 0.5) is 4.79 Å². The van der Waals surface area contributed by atoms with E-state index in [1.807, 2.05) is 103 Å². The summed E-state index contributed by atoms with van der Waals surface area (Å²) in [6.45, 7) is 0.223. The molecule has 0 aliphatic carbocycles. The molecule has 0 saturated carbocycles. The second-order valence-corrected chi connectivity index (χ2v) is 13.1. The maximum absolute atomic E-state index is 12.9. The number of aryl methyl sites for hydroxylation is 1. The second-order valence-electron chi connectivity index (χ2n) is 12.1. The normalized spacial score (nSPS) is 17.7. The van der Waals surface area contributed by atoms with Crippen LogP contribution in [0.5, 0.6) is 0 Å². The van der Waals surface area contributed by atoms with Crippen molar-refractivity contribution in [1.29, 1.82) is 0 Å². The second kappa shape index (κ2) is 17.2. The number of tetrazole rings is 1. The van der Waals surface area contributed by atoms with Crippen molar-refractivity contribution in [2.24, 2.45) is 7.05 Å². The molecule has 1 fully saturated rings. The highest BCUT2D eigenvalue weighted by Crippen LogP contribution is 2.40. The fourth-order valence-electron chi connectivity index (χ4n) is 5.88. The third-order valence-corrected chi connectivity index (χ3v) is 9.76. The van der Waals surface area contributed by atoms with E-state index in [1.165, 1.54) is 18.9 Å². The van der Waals surface area contributed by atoms with Crippen molar-refractivity contribution in [3.8, 4) is 11.1 Å². The van der Waals surface area contributed by atoms with Crippen LogP contribution >= 0.6 is 11.8 Å². The molecule has 4 aromatic carbocycles. The summed E-state index contributed by atoms with van der Waals surface area (Å²) in [6, 6.07) is 31.8. The first-order chi connectivity index (χ1) is 24.9. The van der Waals surface area contributed by atoms with Gasteiger partial charge in [0.25, 0.3) is 0 Å². The fraction of sp³-hybridized carbons (Fsp3) is 0.289. The Hall–Kier alpha value is -5.08. The molecular weight excluding hydrogens is 669 g/mol. The number of carbonyl (C=O) groups excluding carboxylic acids is 2. The van der Waals surface area contributed by atoms with Crippen LogP contribution in [0.1, 0.15) is 46.6 Å². The van der Waals surface area contributed by atoms with Crippen LogP contribution in [0.3, 0.4) is 0 Å². The van der Waals surface area contributed by atoms with Crippen molar-refractivity contribution in [3.05, 3.63) is 131 Å². The van der Waals surface area contributed by atoms with Crippen molar-refractivity contribution < 1.29 is 28.9 Å². The minimum absolute atomic E-state index is 0.0219. The molecule has 0 radical (unpaired) electrons. The van der Waals surface area contributed by atoms with Gasteiger partial charge in [-0.25, -0.2) is 14.3 Å². The van der Waals surface area contributed by atoms with Gasteiger partial charge in [-0.1, -0.05) is 115 Å². The zero-order chi connectivity index (χ0) is 35.6. The number of methoxy groups -OCH3 is 1. The zero-order valence-electron chi connectivity index (χ0n) is 28.3. The molecule has 1 saturated heterocycles. The molecule has 51 heavy (non-hydrogen) atoms.